The molecule has 2 heterocycles. The van der Waals surface area contributed by atoms with E-state index in [0.717, 1.165) is 37.6 Å². The molecule has 47 heavy (non-hydrogen) atoms. The standard InChI is InChI=1S/C37H39N3O5S2/c1-36(2)29-16-10-12-18-31(29)38(5)33(36)24-22-26-20-21-27(23-25-34-37(3,4)30-17-11-13-19-32(30)39(34)6)35(26)40(46-45-44-41)47(42,43)28-14-8-7-9-15-28/h7-19,22-25H,20-21H2,1-6H3. The minimum Gasteiger partial charge on any atom is -0.691 e. The van der Waals surface area contributed by atoms with Gasteiger partial charge in [-0.3, -0.25) is 5.04 Å². The number of sulfonamides is 1. The third-order valence-corrected chi connectivity index (χ3v) is 12.3. The highest BCUT2D eigenvalue weighted by molar-refractivity contribution is 8.06. The molecule has 0 fully saturated rings. The van der Waals surface area contributed by atoms with E-state index in [0.29, 0.717) is 30.8 Å². The molecule has 6 rings (SSSR count). The number of anilines is 1. The van der Waals surface area contributed by atoms with Crippen molar-refractivity contribution >= 4 is 39.3 Å². The summed E-state index contributed by atoms with van der Waals surface area (Å²) < 4.78 is 36.4. The van der Waals surface area contributed by atoms with Crippen molar-refractivity contribution in [3.63, 3.8) is 0 Å². The van der Waals surface area contributed by atoms with Crippen LogP contribution in [0.1, 0.15) is 51.7 Å². The lowest BCUT2D eigenvalue weighted by Gasteiger charge is -2.26. The van der Waals surface area contributed by atoms with Crippen LogP contribution in [0.3, 0.4) is 0 Å². The van der Waals surface area contributed by atoms with E-state index in [1.807, 2.05) is 50.5 Å². The fourth-order valence-corrected chi connectivity index (χ4v) is 9.37. The Hall–Kier alpha value is -3.93. The molecule has 0 radical (unpaired) electrons. The highest BCUT2D eigenvalue weighted by Crippen LogP contribution is 2.48. The Kier molecular flexibility index (Phi) is 8.84. The van der Waals surface area contributed by atoms with Gasteiger partial charge in [-0.15, -0.1) is 4.33 Å². The minimum absolute atomic E-state index is 0.0658. The first-order chi connectivity index (χ1) is 22.4. The monoisotopic (exact) mass is 669 g/mol. The molecule has 3 aromatic carbocycles. The molecule has 2 aliphatic heterocycles. The van der Waals surface area contributed by atoms with Gasteiger partial charge >= 0.3 is 0 Å². The van der Waals surface area contributed by atoms with Gasteiger partial charge in [0, 0.05) is 41.6 Å². The average Bonchev–Trinajstić information content (AvgIpc) is 3.61. The van der Waals surface area contributed by atoms with E-state index in [1.54, 1.807) is 18.2 Å². The molecule has 0 unspecified atom stereocenters. The van der Waals surface area contributed by atoms with Gasteiger partial charge in [0.15, 0.2) is 17.9 Å². The number of hydrogen-bond acceptors (Lipinski definition) is 7. The van der Waals surface area contributed by atoms with E-state index in [-0.39, 0.29) is 15.7 Å². The lowest BCUT2D eigenvalue weighted by molar-refractivity contribution is -0.777. The molecule has 8 nitrogen and oxygen atoms in total. The van der Waals surface area contributed by atoms with Crippen LogP contribution in [0.4, 0.5) is 11.4 Å². The van der Waals surface area contributed by atoms with Gasteiger partial charge < -0.3 is 10.2 Å². The Morgan fingerprint density at radius 1 is 0.872 bits per heavy atom. The summed E-state index contributed by atoms with van der Waals surface area (Å²) in [5, 5.41) is 14.8. The number of hydrogen-bond donors (Lipinski definition) is 0. The van der Waals surface area contributed by atoms with Crippen LogP contribution in [0.25, 0.3) is 0 Å². The molecule has 0 atom stereocenters. The largest absolute Gasteiger partial charge is 0.691 e. The summed E-state index contributed by atoms with van der Waals surface area (Å²) >= 11 is 0.354. The van der Waals surface area contributed by atoms with Crippen LogP contribution >= 0.6 is 12.2 Å². The lowest BCUT2D eigenvalue weighted by Crippen LogP contribution is -2.27. The summed E-state index contributed by atoms with van der Waals surface area (Å²) in [5.41, 5.74) is 8.41. The number of fused-ring (bicyclic) bond motifs is 2. The summed E-state index contributed by atoms with van der Waals surface area (Å²) in [5.74, 6) is 0. The Balaban J connectivity index is 1.49. The first-order valence-electron chi connectivity index (χ1n) is 15.5. The predicted octanol–water partition coefficient (Wildman–Crippen LogP) is 7.01. The van der Waals surface area contributed by atoms with Crippen LogP contribution in [0, 0.1) is 0 Å². The topological polar surface area (TPSA) is 85.2 Å². The van der Waals surface area contributed by atoms with Crippen LogP contribution in [0.5, 0.6) is 0 Å². The van der Waals surface area contributed by atoms with Gasteiger partial charge in [0.2, 0.25) is 5.69 Å². The maximum absolute atomic E-state index is 14.2. The maximum atomic E-state index is 14.2. The molecule has 3 aliphatic rings. The van der Waals surface area contributed by atoms with Gasteiger partial charge in [-0.2, -0.15) is 8.29 Å². The number of nitrogens with zero attached hydrogens (tertiary/aromatic N) is 3. The number of allylic oxidation sites excluding steroid dienone is 7. The Morgan fingerprint density at radius 2 is 1.53 bits per heavy atom. The van der Waals surface area contributed by atoms with Gasteiger partial charge in [0.25, 0.3) is 10.0 Å². The first-order valence-corrected chi connectivity index (χ1v) is 17.6. The average molecular weight is 670 g/mol. The smallest absolute Gasteiger partial charge is 0.275 e. The van der Waals surface area contributed by atoms with E-state index in [4.69, 9.17) is 4.33 Å². The van der Waals surface area contributed by atoms with Crippen LogP contribution in [0.2, 0.25) is 0 Å². The molecule has 244 valence electrons. The molecule has 3 aromatic rings. The van der Waals surface area contributed by atoms with Crippen LogP contribution < -0.4 is 10.2 Å². The number of likely N-dealkylation sites (N-methyl/N-ethyl adjacent to an activating group) is 1. The SMILES string of the molecule is CN1/C(=C/C=C2\CCC(/C=C/C3=[N+](C)c4ccccc4C3(C)C)=C2N(SOO[O-])S(=O)(=O)c2ccccc2)C(C)(C)c2ccccc21. The fraction of sp³-hybridized carbons (Fsp3) is 0.270. The normalized spacial score (nSPS) is 20.2. The summed E-state index contributed by atoms with van der Waals surface area (Å²) in [6.07, 6.45) is 9.32. The molecular formula is C37H39N3O5S2. The second-order valence-corrected chi connectivity index (χ2v) is 15.7. The van der Waals surface area contributed by atoms with E-state index < -0.39 is 10.0 Å². The zero-order valence-electron chi connectivity index (χ0n) is 27.4. The zero-order chi connectivity index (χ0) is 33.6. The lowest BCUT2D eigenvalue weighted by atomic mass is 9.81. The Labute approximate surface area is 281 Å². The summed E-state index contributed by atoms with van der Waals surface area (Å²) in [7, 11) is -0.0811. The minimum atomic E-state index is -4.18. The van der Waals surface area contributed by atoms with Gasteiger partial charge in [-0.05, 0) is 67.7 Å². The van der Waals surface area contributed by atoms with Crippen molar-refractivity contribution in [1.82, 2.24) is 3.71 Å². The summed E-state index contributed by atoms with van der Waals surface area (Å²) in [6, 6.07) is 24.8. The van der Waals surface area contributed by atoms with Crippen molar-refractivity contribution in [3.05, 3.63) is 137 Å². The third kappa shape index (κ3) is 5.68. The number of para-hydroxylation sites is 2. The molecule has 0 aromatic heterocycles. The van der Waals surface area contributed by atoms with Gasteiger partial charge in [0.1, 0.15) is 7.05 Å². The van der Waals surface area contributed by atoms with Crippen molar-refractivity contribution in [2.24, 2.45) is 0 Å². The third-order valence-electron chi connectivity index (χ3n) is 9.61. The maximum Gasteiger partial charge on any atom is 0.275 e. The molecule has 10 heteroatoms. The van der Waals surface area contributed by atoms with Crippen molar-refractivity contribution < 1.29 is 27.6 Å². The molecule has 0 bridgehead atoms. The quantitative estimate of drug-likeness (QED) is 0.0797. The molecule has 0 amide bonds. The van der Waals surface area contributed by atoms with Crippen molar-refractivity contribution in [2.45, 2.75) is 56.3 Å². The second-order valence-electron chi connectivity index (χ2n) is 13.0. The van der Waals surface area contributed by atoms with E-state index in [1.165, 1.54) is 23.3 Å². The first kappa shape index (κ1) is 33.0. The second kappa shape index (κ2) is 12.6. The Bertz CT molecular complexity index is 1980. The van der Waals surface area contributed by atoms with Gasteiger partial charge in [0.05, 0.1) is 16.0 Å². The fourth-order valence-electron chi connectivity index (χ4n) is 7.16. The van der Waals surface area contributed by atoms with E-state index in [9.17, 15) is 13.7 Å². The molecule has 0 saturated heterocycles. The van der Waals surface area contributed by atoms with Crippen molar-refractivity contribution in [3.8, 4) is 0 Å². The number of benzene rings is 3. The Morgan fingerprint density at radius 3 is 2.21 bits per heavy atom. The summed E-state index contributed by atoms with van der Waals surface area (Å²) in [4.78, 5) is 2.25. The molecule has 0 saturated carbocycles. The highest BCUT2D eigenvalue weighted by Gasteiger charge is 2.43. The molecular weight excluding hydrogens is 631 g/mol. The van der Waals surface area contributed by atoms with Crippen molar-refractivity contribution in [1.29, 1.82) is 0 Å². The van der Waals surface area contributed by atoms with Crippen LogP contribution in [0.15, 0.2) is 131 Å². The van der Waals surface area contributed by atoms with Gasteiger partial charge in [-0.1, -0.05) is 80.6 Å². The summed E-state index contributed by atoms with van der Waals surface area (Å²) in [6.45, 7) is 8.76. The van der Waals surface area contributed by atoms with Crippen LogP contribution in [-0.2, 0) is 30.2 Å². The molecule has 0 spiro atoms. The van der Waals surface area contributed by atoms with E-state index >= 15 is 0 Å². The highest BCUT2D eigenvalue weighted by atomic mass is 32.3. The number of rotatable bonds is 9. The van der Waals surface area contributed by atoms with Gasteiger partial charge in [-0.25, -0.2) is 8.42 Å². The van der Waals surface area contributed by atoms with Crippen LogP contribution in [-0.4, -0.2) is 36.5 Å². The molecule has 0 N–H and O–H groups in total. The predicted molar refractivity (Wildman–Crippen MR) is 185 cm³/mol. The molecule has 1 aliphatic carbocycles. The van der Waals surface area contributed by atoms with E-state index in [2.05, 4.69) is 78.6 Å². The zero-order valence-corrected chi connectivity index (χ0v) is 29.1. The van der Waals surface area contributed by atoms with Crippen molar-refractivity contribution in [2.75, 3.05) is 19.0 Å².